The molecule has 3 N–H and O–H groups in total. The van der Waals surface area contributed by atoms with Crippen molar-refractivity contribution in [3.05, 3.63) is 34.9 Å². The van der Waals surface area contributed by atoms with Crippen LogP contribution in [0.15, 0.2) is 12.1 Å². The van der Waals surface area contributed by atoms with Crippen LogP contribution in [0.4, 0.5) is 8.78 Å². The minimum Gasteiger partial charge on any atom is -0.480 e. The van der Waals surface area contributed by atoms with Crippen LogP contribution in [0.3, 0.4) is 0 Å². The lowest BCUT2D eigenvalue weighted by Gasteiger charge is -2.20. The normalized spacial score (nSPS) is 10.4. The van der Waals surface area contributed by atoms with Crippen molar-refractivity contribution in [1.82, 2.24) is 4.90 Å². The first kappa shape index (κ1) is 16.0. The maximum Gasteiger partial charge on any atom is 0.323 e. The molecule has 20 heavy (non-hydrogen) atoms. The van der Waals surface area contributed by atoms with Gasteiger partial charge in [-0.1, -0.05) is 6.07 Å². The zero-order valence-electron chi connectivity index (χ0n) is 11.0. The molecule has 0 radical (unpaired) electrons. The van der Waals surface area contributed by atoms with Gasteiger partial charge in [-0.15, -0.1) is 0 Å². The Morgan fingerprint density at radius 3 is 2.50 bits per heavy atom. The molecule has 0 aliphatic carbocycles. The number of benzene rings is 1. The lowest BCUT2D eigenvalue weighted by Crippen LogP contribution is -2.40. The number of nitrogens with two attached hydrogens (primary N) is 1. The zero-order valence-corrected chi connectivity index (χ0v) is 11.0. The van der Waals surface area contributed by atoms with Gasteiger partial charge in [-0.2, -0.15) is 0 Å². The number of rotatable bonds is 6. The predicted octanol–water partition coefficient (Wildman–Crippen LogP) is 0.688. The zero-order chi connectivity index (χ0) is 15.3. The van der Waals surface area contributed by atoms with Crippen LogP contribution in [0, 0.1) is 18.6 Å². The van der Waals surface area contributed by atoms with E-state index in [2.05, 4.69) is 0 Å². The highest BCUT2D eigenvalue weighted by atomic mass is 19.1. The summed E-state index contributed by atoms with van der Waals surface area (Å²) in [5.74, 6) is -3.08. The Morgan fingerprint density at radius 1 is 1.30 bits per heavy atom. The number of carbonyl (C=O) groups excluding carboxylic acids is 1. The number of carboxylic acid groups (broad SMARTS) is 1. The second kappa shape index (κ2) is 6.95. The molecule has 0 spiro atoms. The molecular formula is C13H16F2N2O3. The van der Waals surface area contributed by atoms with Crippen molar-refractivity contribution in [2.45, 2.75) is 13.3 Å². The first-order valence-electron chi connectivity index (χ1n) is 5.99. The molecule has 0 aromatic heterocycles. The number of carboxylic acids is 1. The molecule has 0 fully saturated rings. The fraction of sp³-hybridized carbons (Fsp3) is 0.385. The molecule has 5 nitrogen and oxygen atoms in total. The second-order valence-corrected chi connectivity index (χ2v) is 4.36. The van der Waals surface area contributed by atoms with Gasteiger partial charge in [0.05, 0.1) is 6.54 Å². The number of aryl methyl sites for hydroxylation is 1. The first-order chi connectivity index (χ1) is 9.35. The highest BCUT2D eigenvalue weighted by Gasteiger charge is 2.16. The van der Waals surface area contributed by atoms with E-state index < -0.39 is 30.1 Å². The van der Waals surface area contributed by atoms with Gasteiger partial charge in [-0.05, 0) is 24.5 Å². The quantitative estimate of drug-likeness (QED) is 0.806. The summed E-state index contributed by atoms with van der Waals surface area (Å²) in [6.07, 6.45) is 0.0893. The van der Waals surface area contributed by atoms with E-state index >= 15 is 0 Å². The van der Waals surface area contributed by atoms with Crippen molar-refractivity contribution in [3.8, 4) is 0 Å². The number of carbonyl (C=O) groups is 2. The molecule has 0 unspecified atom stereocenters. The standard InChI is InChI=1S/C13H16F2N2O3/c1-8-4-9(11(15)5-10(8)14)2-3-17(7-13(19)20)12(18)6-16/h4-5H,2-3,6-7,16H2,1H3,(H,19,20). The number of halogens is 2. The first-order valence-corrected chi connectivity index (χ1v) is 5.99. The molecular weight excluding hydrogens is 270 g/mol. The average Bonchev–Trinajstić information content (AvgIpc) is 2.38. The van der Waals surface area contributed by atoms with Crippen LogP contribution in [0.2, 0.25) is 0 Å². The third-order valence-electron chi connectivity index (χ3n) is 2.83. The third kappa shape index (κ3) is 4.27. The van der Waals surface area contributed by atoms with Crippen molar-refractivity contribution in [3.63, 3.8) is 0 Å². The number of hydrogen-bond donors (Lipinski definition) is 2. The van der Waals surface area contributed by atoms with Crippen molar-refractivity contribution >= 4 is 11.9 Å². The summed E-state index contributed by atoms with van der Waals surface area (Å²) in [7, 11) is 0. The Morgan fingerprint density at radius 2 is 1.95 bits per heavy atom. The summed E-state index contributed by atoms with van der Waals surface area (Å²) in [6.45, 7) is 0.679. The van der Waals surface area contributed by atoms with Gasteiger partial charge < -0.3 is 15.7 Å². The fourth-order valence-corrected chi connectivity index (χ4v) is 1.75. The summed E-state index contributed by atoms with van der Waals surface area (Å²) in [4.78, 5) is 23.1. The minimum atomic E-state index is -1.18. The fourth-order valence-electron chi connectivity index (χ4n) is 1.75. The molecule has 0 bridgehead atoms. The van der Waals surface area contributed by atoms with Gasteiger partial charge in [0.15, 0.2) is 0 Å². The maximum atomic E-state index is 13.5. The summed E-state index contributed by atoms with van der Waals surface area (Å²) in [5, 5.41) is 8.70. The lowest BCUT2D eigenvalue weighted by atomic mass is 10.1. The van der Waals surface area contributed by atoms with E-state index in [9.17, 15) is 18.4 Å². The van der Waals surface area contributed by atoms with E-state index in [1.165, 1.54) is 13.0 Å². The van der Waals surface area contributed by atoms with Gasteiger partial charge in [0.25, 0.3) is 0 Å². The van der Waals surface area contributed by atoms with E-state index in [-0.39, 0.29) is 30.6 Å². The SMILES string of the molecule is Cc1cc(CCN(CC(=O)O)C(=O)CN)c(F)cc1F. The van der Waals surface area contributed by atoms with Gasteiger partial charge in [0, 0.05) is 12.6 Å². The van der Waals surface area contributed by atoms with Crippen molar-refractivity contribution in [2.75, 3.05) is 19.6 Å². The topological polar surface area (TPSA) is 83.6 Å². The number of aliphatic carboxylic acids is 1. The van der Waals surface area contributed by atoms with E-state index in [0.717, 1.165) is 11.0 Å². The van der Waals surface area contributed by atoms with Gasteiger partial charge >= 0.3 is 5.97 Å². The van der Waals surface area contributed by atoms with Crippen LogP contribution >= 0.6 is 0 Å². The molecule has 1 aromatic rings. The molecule has 0 saturated heterocycles. The van der Waals surface area contributed by atoms with Crippen LogP contribution in [0.25, 0.3) is 0 Å². The molecule has 1 rings (SSSR count). The lowest BCUT2D eigenvalue weighted by molar-refractivity contribution is -0.143. The predicted molar refractivity (Wildman–Crippen MR) is 68.1 cm³/mol. The van der Waals surface area contributed by atoms with Crippen molar-refractivity contribution in [2.24, 2.45) is 5.73 Å². The molecule has 1 amide bonds. The molecule has 0 aliphatic heterocycles. The van der Waals surface area contributed by atoms with E-state index in [4.69, 9.17) is 10.8 Å². The average molecular weight is 286 g/mol. The smallest absolute Gasteiger partial charge is 0.323 e. The van der Waals surface area contributed by atoms with Gasteiger partial charge in [0.2, 0.25) is 5.91 Å². The molecule has 7 heteroatoms. The number of amides is 1. The third-order valence-corrected chi connectivity index (χ3v) is 2.83. The highest BCUT2D eigenvalue weighted by molar-refractivity contribution is 5.82. The summed E-state index contributed by atoms with van der Waals surface area (Å²) in [6, 6.07) is 2.12. The van der Waals surface area contributed by atoms with E-state index in [0.29, 0.717) is 0 Å². The number of hydrogen-bond acceptors (Lipinski definition) is 3. The summed E-state index contributed by atoms with van der Waals surface area (Å²) >= 11 is 0. The molecule has 0 aliphatic rings. The second-order valence-electron chi connectivity index (χ2n) is 4.36. The molecule has 0 atom stereocenters. The molecule has 0 heterocycles. The Hall–Kier alpha value is -2.02. The summed E-state index contributed by atoms with van der Waals surface area (Å²) < 4.78 is 26.7. The van der Waals surface area contributed by atoms with Gasteiger partial charge in [0.1, 0.15) is 18.2 Å². The van der Waals surface area contributed by atoms with Crippen LogP contribution in [-0.4, -0.2) is 41.5 Å². The van der Waals surface area contributed by atoms with Crippen LogP contribution in [0.5, 0.6) is 0 Å². The molecule has 1 aromatic carbocycles. The maximum absolute atomic E-state index is 13.5. The van der Waals surface area contributed by atoms with Crippen LogP contribution < -0.4 is 5.73 Å². The molecule has 0 saturated carbocycles. The highest BCUT2D eigenvalue weighted by Crippen LogP contribution is 2.15. The Balaban J connectivity index is 2.79. The largest absolute Gasteiger partial charge is 0.480 e. The summed E-state index contributed by atoms with van der Waals surface area (Å²) in [5.41, 5.74) is 5.70. The van der Waals surface area contributed by atoms with Crippen LogP contribution in [0.1, 0.15) is 11.1 Å². The Labute approximate surface area is 115 Å². The minimum absolute atomic E-state index is 0.00429. The van der Waals surface area contributed by atoms with E-state index in [1.807, 2.05) is 0 Å². The van der Waals surface area contributed by atoms with Gasteiger partial charge in [-0.25, -0.2) is 8.78 Å². The van der Waals surface area contributed by atoms with Crippen molar-refractivity contribution < 1.29 is 23.5 Å². The van der Waals surface area contributed by atoms with Crippen molar-refractivity contribution in [1.29, 1.82) is 0 Å². The Kier molecular flexibility index (Phi) is 5.57. The Bertz CT molecular complexity index is 521. The monoisotopic (exact) mass is 286 g/mol. The van der Waals surface area contributed by atoms with Gasteiger partial charge in [-0.3, -0.25) is 9.59 Å². The molecule has 110 valence electrons. The number of nitrogens with zero attached hydrogens (tertiary/aromatic N) is 1. The van der Waals surface area contributed by atoms with Crippen LogP contribution in [-0.2, 0) is 16.0 Å². The van der Waals surface area contributed by atoms with E-state index in [1.54, 1.807) is 0 Å².